The molecule has 0 aromatic rings. The number of allylic oxidation sites excluding steroid dienone is 16. The van der Waals surface area contributed by atoms with Crippen molar-refractivity contribution < 1.29 is 28.6 Å². The molecule has 0 rings (SSSR count). The third-order valence-electron chi connectivity index (χ3n) is 10.0. The number of hydrogen-bond acceptors (Lipinski definition) is 6. The third-order valence-corrected chi connectivity index (χ3v) is 10.0. The van der Waals surface area contributed by atoms with E-state index >= 15 is 0 Å². The molecular weight excluding hydrogens is 757 g/mol. The van der Waals surface area contributed by atoms with Gasteiger partial charge in [-0.3, -0.25) is 14.4 Å². The molecule has 0 radical (unpaired) electrons. The van der Waals surface area contributed by atoms with Crippen LogP contribution in [0, 0.1) is 0 Å². The van der Waals surface area contributed by atoms with Gasteiger partial charge in [-0.2, -0.15) is 0 Å². The average molecular weight is 847 g/mol. The molecule has 0 unspecified atom stereocenters. The Morgan fingerprint density at radius 3 is 1.08 bits per heavy atom. The van der Waals surface area contributed by atoms with Crippen molar-refractivity contribution in [1.29, 1.82) is 0 Å². The zero-order valence-electron chi connectivity index (χ0n) is 39.4. The maximum atomic E-state index is 12.8. The molecule has 6 heteroatoms. The zero-order chi connectivity index (χ0) is 44.4. The van der Waals surface area contributed by atoms with Gasteiger partial charge in [0.05, 0.1) is 0 Å². The van der Waals surface area contributed by atoms with Crippen molar-refractivity contribution in [2.75, 3.05) is 13.2 Å². The topological polar surface area (TPSA) is 78.9 Å². The van der Waals surface area contributed by atoms with Gasteiger partial charge in [0, 0.05) is 19.3 Å². The monoisotopic (exact) mass is 847 g/mol. The lowest BCUT2D eigenvalue weighted by atomic mass is 10.1. The molecule has 0 aliphatic rings. The summed E-state index contributed by atoms with van der Waals surface area (Å²) in [4.78, 5) is 37.9. The highest BCUT2D eigenvalue weighted by molar-refractivity contribution is 5.71. The van der Waals surface area contributed by atoms with Gasteiger partial charge in [0.1, 0.15) is 13.2 Å². The van der Waals surface area contributed by atoms with Crippen LogP contribution in [0.3, 0.4) is 0 Å². The maximum absolute atomic E-state index is 12.8. The summed E-state index contributed by atoms with van der Waals surface area (Å²) >= 11 is 0. The van der Waals surface area contributed by atoms with Crippen molar-refractivity contribution in [3.63, 3.8) is 0 Å². The van der Waals surface area contributed by atoms with Crippen LogP contribution in [0.4, 0.5) is 0 Å². The van der Waals surface area contributed by atoms with E-state index in [0.717, 1.165) is 103 Å². The number of rotatable bonds is 43. The molecule has 1 atom stereocenters. The number of esters is 3. The lowest BCUT2D eigenvalue weighted by molar-refractivity contribution is -0.167. The highest BCUT2D eigenvalue weighted by atomic mass is 16.6. The van der Waals surface area contributed by atoms with Gasteiger partial charge < -0.3 is 14.2 Å². The second kappa shape index (κ2) is 49.0. The molecule has 0 saturated carbocycles. The predicted octanol–water partition coefficient (Wildman–Crippen LogP) is 16.2. The summed E-state index contributed by atoms with van der Waals surface area (Å²) in [7, 11) is 0. The Morgan fingerprint density at radius 1 is 0.344 bits per heavy atom. The summed E-state index contributed by atoms with van der Waals surface area (Å²) in [6, 6.07) is 0. The smallest absolute Gasteiger partial charge is 0.306 e. The van der Waals surface area contributed by atoms with Gasteiger partial charge in [-0.15, -0.1) is 0 Å². The number of carbonyl (C=O) groups is 3. The molecular formula is C55H90O6. The van der Waals surface area contributed by atoms with Crippen LogP contribution in [-0.4, -0.2) is 37.2 Å². The minimum atomic E-state index is -0.818. The van der Waals surface area contributed by atoms with Crippen LogP contribution in [0.1, 0.15) is 213 Å². The fraction of sp³-hybridized carbons (Fsp3) is 0.655. The van der Waals surface area contributed by atoms with Crippen molar-refractivity contribution >= 4 is 17.9 Å². The molecule has 0 bridgehead atoms. The van der Waals surface area contributed by atoms with Crippen molar-refractivity contribution in [3.8, 4) is 0 Å². The zero-order valence-corrected chi connectivity index (χ0v) is 39.4. The summed E-state index contributed by atoms with van der Waals surface area (Å²) in [6.45, 7) is 6.38. The van der Waals surface area contributed by atoms with Gasteiger partial charge in [0.15, 0.2) is 6.10 Å². The van der Waals surface area contributed by atoms with Gasteiger partial charge >= 0.3 is 17.9 Å². The van der Waals surface area contributed by atoms with Crippen LogP contribution < -0.4 is 0 Å². The first-order valence-corrected chi connectivity index (χ1v) is 24.7. The van der Waals surface area contributed by atoms with Crippen molar-refractivity contribution in [3.05, 3.63) is 97.2 Å². The molecule has 0 saturated heterocycles. The van der Waals surface area contributed by atoms with E-state index in [0.29, 0.717) is 19.3 Å². The van der Waals surface area contributed by atoms with Crippen molar-refractivity contribution in [1.82, 2.24) is 0 Å². The van der Waals surface area contributed by atoms with Crippen LogP contribution in [0.5, 0.6) is 0 Å². The third kappa shape index (κ3) is 47.2. The quantitative estimate of drug-likeness (QED) is 0.0263. The molecule has 61 heavy (non-hydrogen) atoms. The number of carbonyl (C=O) groups excluding carboxylic acids is 3. The first-order chi connectivity index (χ1) is 30.0. The van der Waals surface area contributed by atoms with E-state index in [-0.39, 0.29) is 37.5 Å². The molecule has 0 amide bonds. The van der Waals surface area contributed by atoms with Crippen molar-refractivity contribution in [2.45, 2.75) is 219 Å². The second-order valence-corrected chi connectivity index (χ2v) is 16.0. The van der Waals surface area contributed by atoms with E-state index in [9.17, 15) is 14.4 Å². The largest absolute Gasteiger partial charge is 0.462 e. The summed E-state index contributed by atoms with van der Waals surface area (Å²) in [6.07, 6.45) is 63.9. The lowest BCUT2D eigenvalue weighted by Gasteiger charge is -2.18. The van der Waals surface area contributed by atoms with Gasteiger partial charge in [0.25, 0.3) is 0 Å². The molecule has 0 aromatic heterocycles. The fourth-order valence-corrected chi connectivity index (χ4v) is 6.31. The molecule has 0 aromatic carbocycles. The standard InChI is InChI=1S/C55H90O6/c1-4-7-10-13-16-19-22-25-27-30-33-36-39-42-45-48-54(57)60-51-52(50-59-53(56)47-44-41-38-35-32-29-24-21-18-15-12-9-6-3)61-55(58)49-46-43-40-37-34-31-28-26-23-20-17-14-11-8-5-2/h8,11,16-17,19-21,24-28,33-34,36-37,52H,4-7,9-10,12-15,18,22-23,29-32,35,38-51H2,1-3H3/b11-8-,19-16-,20-17-,24-21-,27-25-,28-26-,36-33-,37-34-/t52-/m0/s1. The number of ether oxygens (including phenoxy) is 3. The molecule has 0 fully saturated rings. The van der Waals surface area contributed by atoms with Crippen LogP contribution in [0.15, 0.2) is 97.2 Å². The van der Waals surface area contributed by atoms with Gasteiger partial charge in [-0.05, 0) is 122 Å². The molecule has 0 heterocycles. The predicted molar refractivity (Wildman–Crippen MR) is 260 cm³/mol. The van der Waals surface area contributed by atoms with Crippen LogP contribution in [0.25, 0.3) is 0 Å². The number of hydrogen-bond donors (Lipinski definition) is 0. The average Bonchev–Trinajstić information content (AvgIpc) is 3.26. The highest BCUT2D eigenvalue weighted by Gasteiger charge is 2.19. The molecule has 0 aliphatic carbocycles. The van der Waals surface area contributed by atoms with E-state index in [1.165, 1.54) is 64.2 Å². The Balaban J connectivity index is 4.55. The van der Waals surface area contributed by atoms with Gasteiger partial charge in [0.2, 0.25) is 0 Å². The minimum absolute atomic E-state index is 0.112. The van der Waals surface area contributed by atoms with E-state index < -0.39 is 6.10 Å². The van der Waals surface area contributed by atoms with E-state index in [4.69, 9.17) is 14.2 Å². The summed E-state index contributed by atoms with van der Waals surface area (Å²) in [5, 5.41) is 0. The van der Waals surface area contributed by atoms with E-state index in [1.807, 2.05) is 0 Å². The number of unbranched alkanes of at least 4 members (excludes halogenated alkanes) is 16. The molecule has 6 nitrogen and oxygen atoms in total. The maximum Gasteiger partial charge on any atom is 0.306 e. The Labute approximate surface area is 375 Å². The van der Waals surface area contributed by atoms with E-state index in [1.54, 1.807) is 0 Å². The van der Waals surface area contributed by atoms with Crippen LogP contribution in [-0.2, 0) is 28.6 Å². The molecule has 0 N–H and O–H groups in total. The summed E-state index contributed by atoms with van der Waals surface area (Å²) in [5.41, 5.74) is 0. The molecule has 346 valence electrons. The van der Waals surface area contributed by atoms with Crippen LogP contribution in [0.2, 0.25) is 0 Å². The Morgan fingerprint density at radius 2 is 0.639 bits per heavy atom. The Hall–Kier alpha value is -3.67. The van der Waals surface area contributed by atoms with Crippen molar-refractivity contribution in [2.24, 2.45) is 0 Å². The molecule has 0 aliphatic heterocycles. The first kappa shape index (κ1) is 57.3. The van der Waals surface area contributed by atoms with Gasteiger partial charge in [-0.25, -0.2) is 0 Å². The first-order valence-electron chi connectivity index (χ1n) is 24.7. The lowest BCUT2D eigenvalue weighted by Crippen LogP contribution is -2.30. The highest BCUT2D eigenvalue weighted by Crippen LogP contribution is 2.12. The van der Waals surface area contributed by atoms with Crippen LogP contribution >= 0.6 is 0 Å². The fourth-order valence-electron chi connectivity index (χ4n) is 6.31. The Kier molecular flexibility index (Phi) is 46.0. The summed E-state index contributed by atoms with van der Waals surface area (Å²) in [5.74, 6) is -1.01. The van der Waals surface area contributed by atoms with Gasteiger partial charge in [-0.1, -0.05) is 169 Å². The minimum Gasteiger partial charge on any atom is -0.462 e. The normalized spacial score (nSPS) is 12.9. The second-order valence-electron chi connectivity index (χ2n) is 16.0. The molecule has 0 spiro atoms. The summed E-state index contributed by atoms with van der Waals surface area (Å²) < 4.78 is 16.7. The van der Waals surface area contributed by atoms with E-state index in [2.05, 4.69) is 118 Å². The Bertz CT molecular complexity index is 1250. The SMILES string of the molecule is CC/C=C\C/C=C\C/C=C\C/C=C\CCCCC(=O)O[C@H](COC(=O)CCCC/C=C\C/C=C\C/C=C\CCCCC)COC(=O)CCCCCCC/C=C\CCCCCC.